The molecule has 0 N–H and O–H groups in total. The molecule has 0 atom stereocenters. The van der Waals surface area contributed by atoms with Crippen LogP contribution in [0.4, 0.5) is 0 Å². The van der Waals surface area contributed by atoms with Crippen molar-refractivity contribution in [2.75, 3.05) is 40.5 Å². The van der Waals surface area contributed by atoms with Gasteiger partial charge in [-0.3, -0.25) is 4.90 Å². The number of methoxy groups -OCH3 is 2. The Bertz CT molecular complexity index is 320. The van der Waals surface area contributed by atoms with Crippen molar-refractivity contribution in [1.29, 1.82) is 0 Å². The maximum Gasteiger partial charge on any atom is 0.0967 e. The zero-order chi connectivity index (χ0) is 13.4. The quantitative estimate of drug-likeness (QED) is 0.658. The van der Waals surface area contributed by atoms with Gasteiger partial charge in [-0.15, -0.1) is 5.10 Å². The van der Waals surface area contributed by atoms with E-state index >= 15 is 0 Å². The maximum atomic E-state index is 5.11. The predicted molar refractivity (Wildman–Crippen MR) is 69.4 cm³/mol. The summed E-state index contributed by atoms with van der Waals surface area (Å²) < 4.78 is 12.1. The van der Waals surface area contributed by atoms with Crippen LogP contribution in [0, 0.1) is 0 Å². The molecule has 0 aromatic carbocycles. The summed E-state index contributed by atoms with van der Waals surface area (Å²) in [6.07, 6.45) is 2.00. The van der Waals surface area contributed by atoms with E-state index in [2.05, 4.69) is 29.1 Å². The molecule has 1 aromatic rings. The minimum atomic E-state index is 0.345. The van der Waals surface area contributed by atoms with Crippen LogP contribution in [0.3, 0.4) is 0 Å². The molecule has 18 heavy (non-hydrogen) atoms. The Morgan fingerprint density at radius 2 is 1.83 bits per heavy atom. The monoisotopic (exact) mass is 256 g/mol. The van der Waals surface area contributed by atoms with Crippen molar-refractivity contribution >= 4 is 0 Å². The molecule has 104 valence electrons. The van der Waals surface area contributed by atoms with Crippen molar-refractivity contribution in [2.24, 2.45) is 0 Å². The average molecular weight is 256 g/mol. The van der Waals surface area contributed by atoms with E-state index in [4.69, 9.17) is 9.47 Å². The lowest BCUT2D eigenvalue weighted by Gasteiger charge is -2.20. The lowest BCUT2D eigenvalue weighted by atomic mass is 10.3. The largest absolute Gasteiger partial charge is 0.383 e. The van der Waals surface area contributed by atoms with Crippen LogP contribution < -0.4 is 0 Å². The highest BCUT2D eigenvalue weighted by molar-refractivity contribution is 4.93. The fourth-order valence-electron chi connectivity index (χ4n) is 1.58. The maximum absolute atomic E-state index is 5.11. The average Bonchev–Trinajstić information content (AvgIpc) is 2.81. The first-order valence-electron chi connectivity index (χ1n) is 6.28. The highest BCUT2D eigenvalue weighted by Crippen LogP contribution is 2.05. The molecule has 0 aliphatic carbocycles. The number of ether oxygens (including phenoxy) is 2. The van der Waals surface area contributed by atoms with Gasteiger partial charge >= 0.3 is 0 Å². The molecule has 0 fully saturated rings. The van der Waals surface area contributed by atoms with Gasteiger partial charge in [-0.2, -0.15) is 0 Å². The van der Waals surface area contributed by atoms with E-state index in [1.165, 1.54) is 0 Å². The molecule has 0 aliphatic heterocycles. The second-order valence-electron chi connectivity index (χ2n) is 4.55. The first-order chi connectivity index (χ1) is 8.67. The topological polar surface area (TPSA) is 52.4 Å². The second kappa shape index (κ2) is 8.18. The van der Waals surface area contributed by atoms with E-state index in [0.29, 0.717) is 19.3 Å². The molecule has 6 nitrogen and oxygen atoms in total. The molecule has 6 heteroatoms. The predicted octanol–water partition coefficient (Wildman–Crippen LogP) is 0.954. The minimum Gasteiger partial charge on any atom is -0.383 e. The summed E-state index contributed by atoms with van der Waals surface area (Å²) in [5, 5.41) is 8.29. The fourth-order valence-corrected chi connectivity index (χ4v) is 1.58. The number of nitrogens with zero attached hydrogens (tertiary/aromatic N) is 4. The molecule has 0 amide bonds. The zero-order valence-electron chi connectivity index (χ0n) is 11.8. The van der Waals surface area contributed by atoms with Gasteiger partial charge in [-0.1, -0.05) is 5.21 Å². The first-order valence-corrected chi connectivity index (χ1v) is 6.28. The number of aromatic nitrogens is 3. The smallest absolute Gasteiger partial charge is 0.0967 e. The van der Waals surface area contributed by atoms with Gasteiger partial charge in [0.1, 0.15) is 0 Å². The van der Waals surface area contributed by atoms with Crippen LogP contribution in [-0.2, 0) is 16.0 Å². The fraction of sp³-hybridized carbons (Fsp3) is 0.833. The molecule has 1 heterocycles. The molecule has 0 saturated heterocycles. The summed E-state index contributed by atoms with van der Waals surface area (Å²) in [5.41, 5.74) is 0.982. The summed E-state index contributed by atoms with van der Waals surface area (Å²) in [4.78, 5) is 2.25. The molecule has 1 rings (SSSR count). The normalized spacial score (nSPS) is 11.7. The summed E-state index contributed by atoms with van der Waals surface area (Å²) >= 11 is 0. The molecule has 0 unspecified atom stereocenters. The third-order valence-corrected chi connectivity index (χ3v) is 2.70. The van der Waals surface area contributed by atoms with Crippen molar-refractivity contribution in [3.63, 3.8) is 0 Å². The molecule has 0 bridgehead atoms. The lowest BCUT2D eigenvalue weighted by Crippen LogP contribution is -2.30. The van der Waals surface area contributed by atoms with Crippen molar-refractivity contribution < 1.29 is 9.47 Å². The minimum absolute atomic E-state index is 0.345. The van der Waals surface area contributed by atoms with Gasteiger partial charge in [0.05, 0.1) is 25.1 Å². The Balaban J connectivity index is 2.51. The third kappa shape index (κ3) is 5.12. The Hall–Kier alpha value is -0.980. The van der Waals surface area contributed by atoms with Gasteiger partial charge in [-0.05, 0) is 13.8 Å². The van der Waals surface area contributed by atoms with Crippen LogP contribution in [-0.4, -0.2) is 60.4 Å². The summed E-state index contributed by atoms with van der Waals surface area (Å²) in [7, 11) is 3.42. The van der Waals surface area contributed by atoms with Gasteiger partial charge in [0, 0.05) is 39.9 Å². The van der Waals surface area contributed by atoms with Crippen molar-refractivity contribution in [3.05, 3.63) is 11.9 Å². The Labute approximate surface area is 109 Å². The van der Waals surface area contributed by atoms with Gasteiger partial charge in [0.15, 0.2) is 0 Å². The Morgan fingerprint density at radius 1 is 1.22 bits per heavy atom. The van der Waals surface area contributed by atoms with Crippen molar-refractivity contribution in [2.45, 2.75) is 26.4 Å². The summed E-state index contributed by atoms with van der Waals surface area (Å²) in [6, 6.07) is 0.345. The van der Waals surface area contributed by atoms with Crippen LogP contribution >= 0.6 is 0 Å². The van der Waals surface area contributed by atoms with Crippen molar-refractivity contribution in [3.8, 4) is 0 Å². The van der Waals surface area contributed by atoms with Crippen LogP contribution in [0.25, 0.3) is 0 Å². The molecule has 0 spiro atoms. The zero-order valence-corrected chi connectivity index (χ0v) is 11.8. The van der Waals surface area contributed by atoms with E-state index in [0.717, 1.165) is 25.3 Å². The first kappa shape index (κ1) is 15.1. The van der Waals surface area contributed by atoms with Crippen LogP contribution in [0.2, 0.25) is 0 Å². The Morgan fingerprint density at radius 3 is 2.28 bits per heavy atom. The van der Waals surface area contributed by atoms with E-state index < -0.39 is 0 Å². The standard InChI is InChI=1S/C12H24N4O2/c1-11(2)16-10-12(13-14-16)9-15(5-7-17-3)6-8-18-4/h10-11H,5-9H2,1-4H3. The lowest BCUT2D eigenvalue weighted by molar-refractivity contribution is 0.109. The van der Waals surface area contributed by atoms with E-state index in [1.54, 1.807) is 14.2 Å². The molecule has 1 aromatic heterocycles. The second-order valence-corrected chi connectivity index (χ2v) is 4.55. The summed E-state index contributed by atoms with van der Waals surface area (Å²) in [6.45, 7) is 8.12. The molecule has 0 saturated carbocycles. The van der Waals surface area contributed by atoms with Gasteiger partial charge < -0.3 is 9.47 Å². The highest BCUT2D eigenvalue weighted by Gasteiger charge is 2.09. The molecular weight excluding hydrogens is 232 g/mol. The van der Waals surface area contributed by atoms with E-state index in [9.17, 15) is 0 Å². The number of rotatable bonds is 9. The van der Waals surface area contributed by atoms with E-state index in [1.807, 2.05) is 10.9 Å². The van der Waals surface area contributed by atoms with Gasteiger partial charge in [0.25, 0.3) is 0 Å². The van der Waals surface area contributed by atoms with E-state index in [-0.39, 0.29) is 0 Å². The van der Waals surface area contributed by atoms with Crippen LogP contribution in [0.5, 0.6) is 0 Å². The summed E-state index contributed by atoms with van der Waals surface area (Å²) in [5.74, 6) is 0. The van der Waals surface area contributed by atoms with Gasteiger partial charge in [0.2, 0.25) is 0 Å². The molecule has 0 aliphatic rings. The SMILES string of the molecule is COCCN(CCOC)Cc1cn(C(C)C)nn1. The molecule has 0 radical (unpaired) electrons. The highest BCUT2D eigenvalue weighted by atomic mass is 16.5. The van der Waals surface area contributed by atoms with Crippen LogP contribution in [0.15, 0.2) is 6.20 Å². The number of hydrogen-bond acceptors (Lipinski definition) is 5. The third-order valence-electron chi connectivity index (χ3n) is 2.70. The van der Waals surface area contributed by atoms with Crippen LogP contribution in [0.1, 0.15) is 25.6 Å². The Kier molecular flexibility index (Phi) is 6.85. The van der Waals surface area contributed by atoms with Crippen molar-refractivity contribution in [1.82, 2.24) is 19.9 Å². The number of hydrogen-bond donors (Lipinski definition) is 0. The van der Waals surface area contributed by atoms with Gasteiger partial charge in [-0.25, -0.2) is 4.68 Å². The molecular formula is C12H24N4O2.